The lowest BCUT2D eigenvalue weighted by atomic mass is 9.87. The zero-order valence-electron chi connectivity index (χ0n) is 44.4. The van der Waals surface area contributed by atoms with E-state index in [1.165, 1.54) is 0 Å². The number of amides is 2. The number of carbonyl (C=O) groups excluding carboxylic acids is 6. The molecule has 73 heavy (non-hydrogen) atoms. The number of ether oxygens (including phenoxy) is 5. The second-order valence-electron chi connectivity index (χ2n) is 21.2. The van der Waals surface area contributed by atoms with Crippen LogP contribution in [0.4, 0.5) is 0 Å². The minimum absolute atomic E-state index is 0.0164. The van der Waals surface area contributed by atoms with Crippen molar-refractivity contribution in [2.75, 3.05) is 79.7 Å². The Kier molecular flexibility index (Phi) is 24.3. The first-order chi connectivity index (χ1) is 35.1. The number of nitrogens with zero attached hydrogens (tertiary/aromatic N) is 4. The van der Waals surface area contributed by atoms with Crippen LogP contribution in [-0.4, -0.2) is 146 Å². The van der Waals surface area contributed by atoms with Gasteiger partial charge in [0.25, 0.3) is 0 Å². The van der Waals surface area contributed by atoms with Crippen LogP contribution in [0.2, 0.25) is 0 Å². The Morgan fingerprint density at radius 1 is 0.753 bits per heavy atom. The molecule has 1 aromatic heterocycles. The molecule has 0 unspecified atom stereocenters. The fraction of sp³-hybridized carbons (Fsp3) is 0.643. The quantitative estimate of drug-likeness (QED) is 0.0409. The summed E-state index contributed by atoms with van der Waals surface area (Å²) in [7, 11) is 1.62. The van der Waals surface area contributed by atoms with Crippen molar-refractivity contribution in [2.24, 2.45) is 29.1 Å². The molecule has 2 aromatic carbocycles. The van der Waals surface area contributed by atoms with E-state index in [4.69, 9.17) is 23.7 Å². The van der Waals surface area contributed by atoms with Crippen LogP contribution in [0.1, 0.15) is 103 Å². The first-order valence-electron chi connectivity index (χ1n) is 26.5. The van der Waals surface area contributed by atoms with Crippen molar-refractivity contribution in [3.05, 3.63) is 83.7 Å². The summed E-state index contributed by atoms with van der Waals surface area (Å²) < 4.78 is 29.3. The molecule has 2 amide bonds. The van der Waals surface area contributed by atoms with Gasteiger partial charge in [0.1, 0.15) is 19.6 Å². The summed E-state index contributed by atoms with van der Waals surface area (Å²) in [6.07, 6.45) is 5.54. The van der Waals surface area contributed by atoms with E-state index in [0.717, 1.165) is 24.0 Å². The van der Waals surface area contributed by atoms with Gasteiger partial charge in [0.15, 0.2) is 17.3 Å². The first kappa shape index (κ1) is 58.7. The van der Waals surface area contributed by atoms with Crippen LogP contribution in [0, 0.1) is 29.1 Å². The van der Waals surface area contributed by atoms with Crippen LogP contribution in [0.3, 0.4) is 0 Å². The number of hydrogen-bond acceptors (Lipinski definition) is 13. The number of hydrogen-bond donors (Lipinski definition) is 2. The van der Waals surface area contributed by atoms with Gasteiger partial charge in [-0.05, 0) is 67.9 Å². The van der Waals surface area contributed by atoms with Crippen molar-refractivity contribution >= 4 is 35.1 Å². The molecule has 402 valence electrons. The highest BCUT2D eigenvalue weighted by Gasteiger charge is 2.48. The van der Waals surface area contributed by atoms with Crippen molar-refractivity contribution in [1.82, 2.24) is 25.6 Å². The monoisotopic (exact) mass is 1020 g/mol. The average Bonchev–Trinajstić information content (AvgIpc) is 3.96. The molecule has 5 rings (SSSR count). The van der Waals surface area contributed by atoms with Gasteiger partial charge in [-0.15, -0.1) is 5.10 Å². The molecule has 2 N–H and O–H groups in total. The van der Waals surface area contributed by atoms with Crippen LogP contribution >= 0.6 is 0 Å². The maximum Gasteiger partial charge on any atom is 0.310 e. The second-order valence-corrected chi connectivity index (χ2v) is 21.2. The first-order valence-corrected chi connectivity index (χ1v) is 26.5. The van der Waals surface area contributed by atoms with Gasteiger partial charge in [0.05, 0.1) is 77.0 Å². The molecule has 0 spiro atoms. The number of aryl methyl sites for hydroxylation is 2. The fourth-order valence-electron chi connectivity index (χ4n) is 9.20. The lowest BCUT2D eigenvalue weighted by molar-refractivity contribution is -0.943. The van der Waals surface area contributed by atoms with Gasteiger partial charge in [0.2, 0.25) is 18.5 Å². The van der Waals surface area contributed by atoms with Gasteiger partial charge < -0.3 is 34.3 Å². The maximum absolute atomic E-state index is 14.6. The van der Waals surface area contributed by atoms with Crippen LogP contribution < -0.4 is 10.6 Å². The molecule has 2 aliphatic rings. The Bertz CT molecular complexity index is 2170. The maximum atomic E-state index is 14.6. The highest BCUT2D eigenvalue weighted by Crippen LogP contribution is 2.47. The second kappa shape index (κ2) is 30.2. The molecule has 1 aliphatic carbocycles. The summed E-state index contributed by atoms with van der Waals surface area (Å²) in [5.74, 6) is -2.98. The number of aromatic nitrogens is 3. The molecule has 0 bridgehead atoms. The standard InChI is InChI=1S/C56H82N6O11/c1-41(2)33-49(51(64)37-46(35-44-15-11-8-12-16-44)55(68)58-50(34-42(3)4)53(66)56(5)21-22-56)57-54(67)45(18-17-43-13-9-7-10-14-43)36-48(63)39-62(24-27-71-28-25-62)40-73-52(65)20-19-47-38-61(60-59-47)23-26-70-31-32-72-30-29-69-6/h7-16,38,41-42,45-46,49-50H,17-37,39-40H2,1-6H3,(H-,57,58,67,68)/p+1/t45-,46-,49+,50+/m1/s1. The Morgan fingerprint density at radius 2 is 1.36 bits per heavy atom. The van der Waals surface area contributed by atoms with Gasteiger partial charge in [-0.3, -0.25) is 33.3 Å². The summed E-state index contributed by atoms with van der Waals surface area (Å²) in [4.78, 5) is 84.5. The smallest absolute Gasteiger partial charge is 0.310 e. The van der Waals surface area contributed by atoms with Crippen molar-refractivity contribution in [1.29, 1.82) is 0 Å². The number of morpholine rings is 1. The van der Waals surface area contributed by atoms with Crippen LogP contribution in [-0.2, 0) is 78.3 Å². The Hall–Kier alpha value is -5.20. The largest absolute Gasteiger partial charge is 0.415 e. The summed E-state index contributed by atoms with van der Waals surface area (Å²) in [5, 5.41) is 14.5. The van der Waals surface area contributed by atoms with Crippen molar-refractivity contribution in [3.63, 3.8) is 0 Å². The predicted molar refractivity (Wildman–Crippen MR) is 275 cm³/mol. The number of Topliss-reactive ketones (excluding diaryl/α,β-unsaturated/α-hetero) is 3. The van der Waals surface area contributed by atoms with Crippen LogP contribution in [0.5, 0.6) is 0 Å². The van der Waals surface area contributed by atoms with E-state index in [0.29, 0.717) is 104 Å². The molecule has 4 atom stereocenters. The highest BCUT2D eigenvalue weighted by molar-refractivity contribution is 5.97. The third kappa shape index (κ3) is 20.9. The van der Waals surface area contributed by atoms with Gasteiger partial charge >= 0.3 is 5.97 Å². The summed E-state index contributed by atoms with van der Waals surface area (Å²) in [6.45, 7) is 14.5. The fourth-order valence-corrected chi connectivity index (χ4v) is 9.20. The molecule has 0 radical (unpaired) electrons. The SMILES string of the molecule is COCCOCCOCCn1cc(CCC(=O)OC[N+]2(CC(=O)C[C@@H](CCc3ccccc3)C(=O)N[C@@H](CC(C)C)C(=O)C[C@@H](Cc3ccccc3)C(=O)N[C@@H](CC(C)C)C(=O)C3(C)CC3)CCOCC2)nn1. The molecule has 2 fully saturated rings. The number of benzene rings is 2. The van der Waals surface area contributed by atoms with Gasteiger partial charge in [-0.1, -0.05) is 100 Å². The topological polar surface area (TPSA) is 203 Å². The van der Waals surface area contributed by atoms with E-state index in [1.54, 1.807) is 18.0 Å². The van der Waals surface area contributed by atoms with Crippen LogP contribution in [0.25, 0.3) is 0 Å². The lowest BCUT2D eigenvalue weighted by Gasteiger charge is -2.39. The predicted octanol–water partition coefficient (Wildman–Crippen LogP) is 5.70. The van der Waals surface area contributed by atoms with E-state index in [1.807, 2.05) is 95.3 Å². The molecule has 1 aliphatic heterocycles. The lowest BCUT2D eigenvalue weighted by Crippen LogP contribution is -2.59. The average molecular weight is 1020 g/mol. The number of nitrogens with one attached hydrogen (secondary N) is 2. The van der Waals surface area contributed by atoms with E-state index >= 15 is 0 Å². The van der Waals surface area contributed by atoms with E-state index in [-0.39, 0.29) is 78.5 Å². The summed E-state index contributed by atoms with van der Waals surface area (Å²) in [6, 6.07) is 17.7. The Balaban J connectivity index is 1.23. The number of methoxy groups -OCH3 is 1. The minimum Gasteiger partial charge on any atom is -0.415 e. The number of rotatable bonds is 36. The van der Waals surface area contributed by atoms with Crippen molar-refractivity contribution in [2.45, 2.75) is 124 Å². The van der Waals surface area contributed by atoms with Crippen molar-refractivity contribution < 1.29 is 56.9 Å². The molecule has 17 nitrogen and oxygen atoms in total. The van der Waals surface area contributed by atoms with E-state index < -0.39 is 41.2 Å². The van der Waals surface area contributed by atoms with Crippen molar-refractivity contribution in [3.8, 4) is 0 Å². The Labute approximate surface area is 432 Å². The van der Waals surface area contributed by atoms with E-state index in [2.05, 4.69) is 20.9 Å². The van der Waals surface area contributed by atoms with Gasteiger partial charge in [0, 0.05) is 49.8 Å². The molecular formula is C56H83N6O11+. The number of ketones is 3. The van der Waals surface area contributed by atoms with Gasteiger partial charge in [-0.2, -0.15) is 0 Å². The van der Waals surface area contributed by atoms with Gasteiger partial charge in [-0.25, -0.2) is 4.68 Å². The molecule has 17 heteroatoms. The normalized spacial score (nSPS) is 16.5. The number of esters is 1. The van der Waals surface area contributed by atoms with E-state index in [9.17, 15) is 28.8 Å². The molecule has 1 saturated carbocycles. The molecule has 1 saturated heterocycles. The third-order valence-electron chi connectivity index (χ3n) is 13.8. The molecular weight excluding hydrogens is 933 g/mol. The Morgan fingerprint density at radius 3 is 2.00 bits per heavy atom. The molecule has 3 aromatic rings. The number of quaternary nitrogens is 1. The number of carbonyl (C=O) groups is 6. The summed E-state index contributed by atoms with van der Waals surface area (Å²) >= 11 is 0. The molecule has 2 heterocycles. The van der Waals surface area contributed by atoms with Crippen LogP contribution in [0.15, 0.2) is 66.9 Å². The summed E-state index contributed by atoms with van der Waals surface area (Å²) in [5.41, 5.74) is 2.09. The minimum atomic E-state index is -0.913. The highest BCUT2D eigenvalue weighted by atomic mass is 16.6. The zero-order chi connectivity index (χ0) is 52.6. The zero-order valence-corrected chi connectivity index (χ0v) is 44.4. The third-order valence-corrected chi connectivity index (χ3v) is 13.8.